The SMILES string of the molecule is CC[N+]1(C)C[C@@H](SC2=C(C(=O)[O-])N3C(=O)[C@H]([C@@H](C)O)[C@H]3[C@H]2C)C[C@H]1C(=O)NC. The van der Waals surface area contributed by atoms with Crippen molar-refractivity contribution in [3.8, 4) is 0 Å². The zero-order valence-electron chi connectivity index (χ0n) is 17.0. The Balaban J connectivity index is 1.87. The molecular formula is C19H29N3O5S. The topological polar surface area (TPSA) is 110 Å². The van der Waals surface area contributed by atoms with E-state index in [0.717, 1.165) is 13.1 Å². The summed E-state index contributed by atoms with van der Waals surface area (Å²) in [7, 11) is 3.68. The van der Waals surface area contributed by atoms with Gasteiger partial charge in [0.1, 0.15) is 0 Å². The monoisotopic (exact) mass is 411 g/mol. The van der Waals surface area contributed by atoms with Crippen LogP contribution in [0.4, 0.5) is 0 Å². The number of carboxylic acid groups (broad SMARTS) is 1. The van der Waals surface area contributed by atoms with Gasteiger partial charge in [0.15, 0.2) is 6.04 Å². The molecule has 3 aliphatic rings. The third kappa shape index (κ3) is 3.04. The van der Waals surface area contributed by atoms with Crippen LogP contribution in [-0.4, -0.2) is 82.9 Å². The number of amides is 2. The van der Waals surface area contributed by atoms with Crippen molar-refractivity contribution in [2.24, 2.45) is 11.8 Å². The van der Waals surface area contributed by atoms with Crippen LogP contribution in [0.25, 0.3) is 0 Å². The second-order valence-electron chi connectivity index (χ2n) is 8.34. The fraction of sp³-hybridized carbons (Fsp3) is 0.737. The van der Waals surface area contributed by atoms with E-state index in [0.29, 0.717) is 15.8 Å². The smallest absolute Gasteiger partial charge is 0.278 e. The Hall–Kier alpha value is -1.58. The van der Waals surface area contributed by atoms with Gasteiger partial charge in [0.05, 0.1) is 55.1 Å². The number of likely N-dealkylation sites (N-methyl/N-ethyl adjacent to an activating group) is 2. The molecule has 3 aliphatic heterocycles. The number of fused-ring (bicyclic) bond motifs is 1. The van der Waals surface area contributed by atoms with Gasteiger partial charge in [-0.25, -0.2) is 0 Å². The molecule has 2 saturated heterocycles. The molecule has 9 heteroatoms. The average molecular weight is 412 g/mol. The molecule has 156 valence electrons. The molecule has 2 fully saturated rings. The highest BCUT2D eigenvalue weighted by Gasteiger charge is 2.59. The molecule has 0 radical (unpaired) electrons. The summed E-state index contributed by atoms with van der Waals surface area (Å²) in [6.07, 6.45) is -0.184. The number of likely N-dealkylation sites (tertiary alicyclic amines) is 1. The predicted molar refractivity (Wildman–Crippen MR) is 102 cm³/mol. The Labute approximate surface area is 169 Å². The lowest BCUT2D eigenvalue weighted by Gasteiger charge is -2.47. The standard InChI is InChI=1S/C19H29N3O5S/c1-6-22(5)8-11(7-12(22)17(24)20-4)28-16-9(2)14-13(10(3)23)18(25)21(14)15(16)19(26)27/h9-14,23H,6-8H2,1-5H3,(H-,20,24,26,27)/t9-,10-,11+,12+,13-,14-,22?/m1/s1. The summed E-state index contributed by atoms with van der Waals surface area (Å²) < 4.78 is 0.599. The van der Waals surface area contributed by atoms with Crippen LogP contribution in [0, 0.1) is 11.8 Å². The third-order valence-corrected chi connectivity index (χ3v) is 8.22. The predicted octanol–water partition coefficient (Wildman–Crippen LogP) is -1.11. The Bertz CT molecular complexity index is 739. The number of nitrogens with one attached hydrogen (secondary N) is 1. The summed E-state index contributed by atoms with van der Waals surface area (Å²) in [6, 6.07) is -0.522. The van der Waals surface area contributed by atoms with E-state index < -0.39 is 18.0 Å². The molecular weight excluding hydrogens is 382 g/mol. The molecule has 0 aliphatic carbocycles. The highest BCUT2D eigenvalue weighted by Crippen LogP contribution is 2.52. The lowest BCUT2D eigenvalue weighted by atomic mass is 9.79. The molecule has 0 bridgehead atoms. The molecule has 7 atom stereocenters. The number of quaternary nitrogens is 1. The van der Waals surface area contributed by atoms with Crippen molar-refractivity contribution in [3.63, 3.8) is 0 Å². The molecule has 0 aromatic heterocycles. The van der Waals surface area contributed by atoms with Gasteiger partial charge in [0.25, 0.3) is 5.91 Å². The largest absolute Gasteiger partial charge is 0.543 e. The zero-order valence-corrected chi connectivity index (χ0v) is 17.8. The number of aliphatic hydroxyl groups is 1. The van der Waals surface area contributed by atoms with Crippen molar-refractivity contribution in [3.05, 3.63) is 10.6 Å². The maximum atomic E-state index is 12.4. The normalized spacial score (nSPS) is 38.3. The summed E-state index contributed by atoms with van der Waals surface area (Å²) in [5, 5.41) is 24.6. The molecule has 2 amide bonds. The molecule has 0 aromatic rings. The minimum absolute atomic E-state index is 0.00538. The van der Waals surface area contributed by atoms with Crippen LogP contribution < -0.4 is 10.4 Å². The van der Waals surface area contributed by atoms with Gasteiger partial charge < -0.3 is 29.7 Å². The number of nitrogens with zero attached hydrogens (tertiary/aromatic N) is 2. The van der Waals surface area contributed by atoms with Crippen molar-refractivity contribution in [2.45, 2.75) is 50.6 Å². The van der Waals surface area contributed by atoms with E-state index in [1.807, 2.05) is 20.9 Å². The van der Waals surface area contributed by atoms with Crippen molar-refractivity contribution in [1.82, 2.24) is 10.2 Å². The van der Waals surface area contributed by atoms with E-state index in [9.17, 15) is 24.6 Å². The van der Waals surface area contributed by atoms with Crippen molar-refractivity contribution in [2.75, 3.05) is 27.2 Å². The number of thioether (sulfide) groups is 1. The number of hydrogen-bond donors (Lipinski definition) is 2. The Morgan fingerprint density at radius 1 is 1.46 bits per heavy atom. The van der Waals surface area contributed by atoms with Crippen molar-refractivity contribution in [1.29, 1.82) is 0 Å². The van der Waals surface area contributed by atoms with Gasteiger partial charge >= 0.3 is 0 Å². The molecule has 1 unspecified atom stereocenters. The van der Waals surface area contributed by atoms with Gasteiger partial charge in [0, 0.05) is 24.3 Å². The van der Waals surface area contributed by atoms with Gasteiger partial charge in [-0.3, -0.25) is 9.59 Å². The van der Waals surface area contributed by atoms with E-state index in [1.165, 1.54) is 16.7 Å². The first-order chi connectivity index (χ1) is 13.1. The lowest BCUT2D eigenvalue weighted by molar-refractivity contribution is -0.910. The van der Waals surface area contributed by atoms with Gasteiger partial charge in [-0.05, 0) is 13.8 Å². The zero-order chi connectivity index (χ0) is 21.0. The highest BCUT2D eigenvalue weighted by molar-refractivity contribution is 8.03. The summed E-state index contributed by atoms with van der Waals surface area (Å²) in [5.41, 5.74) is -0.0569. The molecule has 8 nitrogen and oxygen atoms in total. The van der Waals surface area contributed by atoms with E-state index in [2.05, 4.69) is 5.32 Å². The molecule has 3 heterocycles. The molecule has 28 heavy (non-hydrogen) atoms. The number of rotatable bonds is 6. The molecule has 0 aromatic carbocycles. The van der Waals surface area contributed by atoms with Crippen LogP contribution in [0.5, 0.6) is 0 Å². The first-order valence-corrected chi connectivity index (χ1v) is 10.6. The fourth-order valence-corrected chi connectivity index (χ4v) is 6.71. The van der Waals surface area contributed by atoms with Crippen LogP contribution in [0.1, 0.15) is 27.2 Å². The highest BCUT2D eigenvalue weighted by atomic mass is 32.2. The van der Waals surface area contributed by atoms with Gasteiger partial charge in [-0.15, -0.1) is 11.8 Å². The fourth-order valence-electron chi connectivity index (χ4n) is 5.01. The maximum Gasteiger partial charge on any atom is 0.278 e. The summed E-state index contributed by atoms with van der Waals surface area (Å²) in [5.74, 6) is -2.49. The first-order valence-electron chi connectivity index (χ1n) is 9.76. The average Bonchev–Trinajstić information content (AvgIpc) is 3.08. The molecule has 0 saturated carbocycles. The second-order valence-corrected chi connectivity index (χ2v) is 9.68. The van der Waals surface area contributed by atoms with Gasteiger partial charge in [-0.2, -0.15) is 0 Å². The minimum atomic E-state index is -1.36. The quantitative estimate of drug-likeness (QED) is 0.424. The molecule has 2 N–H and O–H groups in total. The van der Waals surface area contributed by atoms with E-state index in [-0.39, 0.29) is 40.8 Å². The second kappa shape index (κ2) is 7.35. The minimum Gasteiger partial charge on any atom is -0.543 e. The van der Waals surface area contributed by atoms with Gasteiger partial charge in [-0.1, -0.05) is 6.92 Å². The lowest BCUT2D eigenvalue weighted by Crippen LogP contribution is -2.64. The number of aliphatic carboxylic acids is 1. The number of aliphatic hydroxyl groups excluding tert-OH is 1. The summed E-state index contributed by atoms with van der Waals surface area (Å²) >= 11 is 1.46. The van der Waals surface area contributed by atoms with Crippen LogP contribution in [0.2, 0.25) is 0 Å². The van der Waals surface area contributed by atoms with Crippen LogP contribution in [0.3, 0.4) is 0 Å². The van der Waals surface area contributed by atoms with Crippen LogP contribution >= 0.6 is 11.8 Å². The molecule has 0 spiro atoms. The van der Waals surface area contributed by atoms with Crippen LogP contribution in [0.15, 0.2) is 10.6 Å². The van der Waals surface area contributed by atoms with Crippen LogP contribution in [-0.2, 0) is 14.4 Å². The van der Waals surface area contributed by atoms with Crippen molar-refractivity contribution < 1.29 is 29.1 Å². The number of carbonyl (C=O) groups excluding carboxylic acids is 3. The maximum absolute atomic E-state index is 12.4. The number of β-lactam (4-membered cyclic amide) rings is 1. The number of carboxylic acids is 1. The Morgan fingerprint density at radius 2 is 2.11 bits per heavy atom. The Kier molecular flexibility index (Phi) is 5.55. The summed E-state index contributed by atoms with van der Waals surface area (Å²) in [4.78, 5) is 38.5. The van der Waals surface area contributed by atoms with E-state index in [1.54, 1.807) is 14.0 Å². The summed E-state index contributed by atoms with van der Waals surface area (Å²) in [6.45, 7) is 7.05. The van der Waals surface area contributed by atoms with E-state index >= 15 is 0 Å². The van der Waals surface area contributed by atoms with Crippen molar-refractivity contribution >= 4 is 29.5 Å². The first kappa shape index (κ1) is 21.1. The Morgan fingerprint density at radius 3 is 2.61 bits per heavy atom. The number of carbonyl (C=O) groups is 3. The third-order valence-electron chi connectivity index (χ3n) is 6.73. The molecule has 3 rings (SSSR count). The number of hydrogen-bond acceptors (Lipinski definition) is 6. The van der Waals surface area contributed by atoms with Gasteiger partial charge in [0.2, 0.25) is 5.91 Å². The van der Waals surface area contributed by atoms with E-state index in [4.69, 9.17) is 0 Å².